The van der Waals surface area contributed by atoms with E-state index in [9.17, 15) is 28.8 Å². The van der Waals surface area contributed by atoms with Gasteiger partial charge in [0.15, 0.2) is 34.7 Å². The molecule has 0 radical (unpaired) electrons. The predicted molar refractivity (Wildman–Crippen MR) is 318 cm³/mol. The number of benzene rings is 9. The van der Waals surface area contributed by atoms with Gasteiger partial charge in [0.1, 0.15) is 34.5 Å². The molecule has 0 atom stereocenters. The minimum Gasteiger partial charge on any atom is -0.497 e. The van der Waals surface area contributed by atoms with Crippen molar-refractivity contribution in [2.45, 2.75) is 41.5 Å². The summed E-state index contributed by atoms with van der Waals surface area (Å²) in [7, 11) is 9.86. The van der Waals surface area contributed by atoms with E-state index in [2.05, 4.69) is 0 Å². The minimum atomic E-state index is 0.0186. The molecule has 0 bridgehead atoms. The van der Waals surface area contributed by atoms with Crippen LogP contribution in [0.1, 0.15) is 104 Å². The normalized spacial score (nSPS) is 9.80. The van der Waals surface area contributed by atoms with Gasteiger partial charge in [0.25, 0.3) is 0 Å². The first-order valence-corrected chi connectivity index (χ1v) is 25.2. The quantitative estimate of drug-likeness (QED) is 0.101. The second-order valence-corrected chi connectivity index (χ2v) is 17.7. The first kappa shape index (κ1) is 62.9. The molecule has 80 heavy (non-hydrogen) atoms. The molecule has 12 nitrogen and oxygen atoms in total. The van der Waals surface area contributed by atoms with Crippen molar-refractivity contribution in [3.8, 4) is 45.6 Å². The second-order valence-electron chi connectivity index (χ2n) is 17.7. The summed E-state index contributed by atoms with van der Waals surface area (Å²) in [6, 6.07) is 59.7. The first-order valence-electron chi connectivity index (χ1n) is 25.2. The zero-order valence-corrected chi connectivity index (χ0v) is 47.4. The highest BCUT2D eigenvalue weighted by molar-refractivity contribution is 6.02. The molecular weight excluding hydrogens is 1010 g/mol. The van der Waals surface area contributed by atoms with E-state index < -0.39 is 0 Å². The number of carbonyl (C=O) groups excluding carboxylic acids is 6. The van der Waals surface area contributed by atoms with E-state index in [0.29, 0.717) is 27.8 Å². The van der Waals surface area contributed by atoms with Crippen molar-refractivity contribution in [1.82, 2.24) is 0 Å². The molecule has 0 aromatic heterocycles. The van der Waals surface area contributed by atoms with E-state index in [1.54, 1.807) is 131 Å². The summed E-state index contributed by atoms with van der Waals surface area (Å²) >= 11 is 0. The fourth-order valence-corrected chi connectivity index (χ4v) is 7.30. The molecule has 0 N–H and O–H groups in total. The number of rotatable bonds is 13. The lowest BCUT2D eigenvalue weighted by atomic mass is 10.0. The van der Waals surface area contributed by atoms with Crippen molar-refractivity contribution >= 4 is 56.2 Å². The van der Waals surface area contributed by atoms with Crippen molar-refractivity contribution in [2.75, 3.05) is 42.7 Å². The van der Waals surface area contributed by atoms with Gasteiger partial charge in [-0.15, -0.1) is 0 Å². The molecule has 0 unspecified atom stereocenters. The molecule has 0 aliphatic rings. The SMILES string of the molecule is CC(=O)c1ccc(C(C)=O)cc1.CC(=O)c1ccc2cc(C(C)=O)ccc2c1.COc1ccc(-c2ccc(OC)cc2)cc1.COc1ccc(C(C)=O)cc1.COc1ccc(OC)cc1.COc1ccc2cc(C(C)=O)ccc2c1. The number of methoxy groups -OCH3 is 6. The first-order chi connectivity index (χ1) is 38.3. The van der Waals surface area contributed by atoms with Crippen molar-refractivity contribution in [1.29, 1.82) is 0 Å². The molecule has 12 heteroatoms. The van der Waals surface area contributed by atoms with Crippen LogP contribution in [0.3, 0.4) is 0 Å². The molecule has 412 valence electrons. The van der Waals surface area contributed by atoms with Gasteiger partial charge in [0.2, 0.25) is 0 Å². The molecule has 0 amide bonds. The smallest absolute Gasteiger partial charge is 0.159 e. The molecule has 0 heterocycles. The Labute approximate surface area is 468 Å². The minimum absolute atomic E-state index is 0.0186. The van der Waals surface area contributed by atoms with Crippen molar-refractivity contribution < 1.29 is 57.2 Å². The Morgan fingerprint density at radius 2 is 0.388 bits per heavy atom. The van der Waals surface area contributed by atoms with E-state index in [0.717, 1.165) is 61.6 Å². The number of Topliss-reactive ketones (excluding diaryl/α,β-unsaturated/α-hetero) is 6. The largest absolute Gasteiger partial charge is 0.497 e. The third-order valence-electron chi connectivity index (χ3n) is 12.1. The number of hydrogen-bond acceptors (Lipinski definition) is 12. The average molecular weight is 1080 g/mol. The lowest BCUT2D eigenvalue weighted by Crippen LogP contribution is -1.95. The van der Waals surface area contributed by atoms with Crippen LogP contribution in [-0.4, -0.2) is 77.4 Å². The Morgan fingerprint density at radius 1 is 0.212 bits per heavy atom. The highest BCUT2D eigenvalue weighted by Gasteiger charge is 2.06. The highest BCUT2D eigenvalue weighted by Crippen LogP contribution is 2.25. The van der Waals surface area contributed by atoms with E-state index in [1.165, 1.54) is 25.0 Å². The van der Waals surface area contributed by atoms with Crippen LogP contribution in [0.2, 0.25) is 0 Å². The number of carbonyl (C=O) groups is 6. The van der Waals surface area contributed by atoms with Crippen LogP contribution in [0.4, 0.5) is 0 Å². The van der Waals surface area contributed by atoms with Gasteiger partial charge in [-0.25, -0.2) is 0 Å². The van der Waals surface area contributed by atoms with Crippen molar-refractivity contribution in [2.24, 2.45) is 0 Å². The highest BCUT2D eigenvalue weighted by atomic mass is 16.5. The van der Waals surface area contributed by atoms with E-state index >= 15 is 0 Å². The average Bonchev–Trinajstić information content (AvgIpc) is 3.49. The lowest BCUT2D eigenvalue weighted by Gasteiger charge is -2.05. The van der Waals surface area contributed by atoms with Crippen molar-refractivity contribution in [3.63, 3.8) is 0 Å². The third-order valence-corrected chi connectivity index (χ3v) is 12.1. The molecule has 0 saturated heterocycles. The molecule has 0 spiro atoms. The Kier molecular flexibility index (Phi) is 25.3. The predicted octanol–water partition coefficient (Wildman–Crippen LogP) is 15.4. The van der Waals surface area contributed by atoms with Crippen LogP contribution < -0.4 is 28.4 Å². The summed E-state index contributed by atoms with van der Waals surface area (Å²) < 4.78 is 30.2. The van der Waals surface area contributed by atoms with Crippen LogP contribution in [0, 0.1) is 0 Å². The Hall–Kier alpha value is -9.68. The van der Waals surface area contributed by atoms with Gasteiger partial charge in [-0.2, -0.15) is 0 Å². The fourth-order valence-electron chi connectivity index (χ4n) is 7.30. The Bertz CT molecular complexity index is 3320. The number of ketones is 6. The summed E-state index contributed by atoms with van der Waals surface area (Å²) in [5.41, 5.74) is 6.47. The van der Waals surface area contributed by atoms with Gasteiger partial charge in [0.05, 0.1) is 42.7 Å². The summed E-state index contributed by atoms with van der Waals surface area (Å²) in [6.45, 7) is 9.22. The topological polar surface area (TPSA) is 158 Å². The van der Waals surface area contributed by atoms with E-state index in [4.69, 9.17) is 28.4 Å². The molecule has 9 aromatic rings. The zero-order valence-electron chi connectivity index (χ0n) is 47.4. The maximum Gasteiger partial charge on any atom is 0.159 e. The molecule has 0 aliphatic heterocycles. The van der Waals surface area contributed by atoms with Crippen LogP contribution in [0.25, 0.3) is 32.7 Å². The van der Waals surface area contributed by atoms with Gasteiger partial charge < -0.3 is 28.4 Å². The number of hydrogen-bond donors (Lipinski definition) is 0. The fraction of sp³-hybridized carbons (Fsp3) is 0.176. The number of fused-ring (bicyclic) bond motifs is 2. The standard InChI is InChI=1S/C14H14O2.C14H12O2.C13H12O2.C10H10O2.C9H10O2.C8H10O2/c1-15-13-7-3-11(4-8-13)12-5-9-14(16-2)10-6-12;1-9(15)11-3-5-14-8-12(10(2)16)4-6-13(14)7-11;1-9(14)10-3-4-12-8-13(15-2)6-5-11(12)7-10;1-7(11)9-3-5-10(6-4-9)8(2)12;1-7(10)8-3-5-9(11-2)6-4-8;1-9-7-3-5-8(10-2)6-4-7/h3-10H,1-2H3;3-8H,1-2H3;3-8H,1-2H3;3-6H,1-2H3;3-6H,1-2H3;3-6H,1-2H3. The summed E-state index contributed by atoms with van der Waals surface area (Å²) in [5.74, 6) is 5.36. The van der Waals surface area contributed by atoms with Crippen LogP contribution in [-0.2, 0) is 0 Å². The van der Waals surface area contributed by atoms with Crippen LogP contribution in [0.15, 0.2) is 194 Å². The molecule has 9 aromatic carbocycles. The lowest BCUT2D eigenvalue weighted by molar-refractivity contribution is 0.100. The van der Waals surface area contributed by atoms with Gasteiger partial charge >= 0.3 is 0 Å². The van der Waals surface area contributed by atoms with Gasteiger partial charge in [-0.05, 0) is 177 Å². The summed E-state index contributed by atoms with van der Waals surface area (Å²) in [5, 5.41) is 4.11. The Balaban J connectivity index is 0.000000209. The molecular formula is C68H68O12. The molecule has 0 aliphatic carbocycles. The monoisotopic (exact) mass is 1080 g/mol. The van der Waals surface area contributed by atoms with E-state index in [-0.39, 0.29) is 34.7 Å². The third kappa shape index (κ3) is 20.0. The maximum atomic E-state index is 11.2. The number of ether oxygens (including phenoxy) is 6. The second kappa shape index (κ2) is 32.1. The summed E-state index contributed by atoms with van der Waals surface area (Å²) in [6.07, 6.45) is 0. The van der Waals surface area contributed by atoms with E-state index in [1.807, 2.05) is 133 Å². The van der Waals surface area contributed by atoms with Crippen LogP contribution >= 0.6 is 0 Å². The maximum absolute atomic E-state index is 11.2. The van der Waals surface area contributed by atoms with Gasteiger partial charge in [0, 0.05) is 33.4 Å². The summed E-state index contributed by atoms with van der Waals surface area (Å²) in [4.78, 5) is 66.1. The Morgan fingerprint density at radius 3 is 0.625 bits per heavy atom. The molecule has 0 saturated carbocycles. The molecule has 9 rings (SSSR count). The van der Waals surface area contributed by atoms with Gasteiger partial charge in [-0.3, -0.25) is 28.8 Å². The van der Waals surface area contributed by atoms with Gasteiger partial charge in [-0.1, -0.05) is 91.0 Å². The molecule has 0 fully saturated rings. The van der Waals surface area contributed by atoms with Crippen molar-refractivity contribution in [3.05, 3.63) is 228 Å². The van der Waals surface area contributed by atoms with Crippen LogP contribution in [0.5, 0.6) is 34.5 Å². The zero-order chi connectivity index (χ0) is 58.7.